The number of esters is 1. The second-order valence-electron chi connectivity index (χ2n) is 5.76. The maximum absolute atomic E-state index is 12.4. The molecule has 6 heteroatoms. The first-order chi connectivity index (χ1) is 13.1. The molecule has 1 N–H and O–H groups in total. The fourth-order valence-corrected chi connectivity index (χ4v) is 2.50. The van der Waals surface area contributed by atoms with Crippen molar-refractivity contribution in [2.45, 2.75) is 6.54 Å². The molecular formula is C21H17NO5. The van der Waals surface area contributed by atoms with Gasteiger partial charge in [-0.05, 0) is 35.9 Å². The van der Waals surface area contributed by atoms with E-state index in [1.807, 2.05) is 0 Å². The van der Waals surface area contributed by atoms with Crippen LogP contribution in [0.1, 0.15) is 21.5 Å². The van der Waals surface area contributed by atoms with Gasteiger partial charge >= 0.3 is 5.97 Å². The van der Waals surface area contributed by atoms with Crippen molar-refractivity contribution in [1.29, 1.82) is 0 Å². The molecule has 0 aliphatic heterocycles. The Hall–Kier alpha value is -3.67. The molecule has 136 valence electrons. The summed E-state index contributed by atoms with van der Waals surface area (Å²) >= 11 is 0. The lowest BCUT2D eigenvalue weighted by Gasteiger charge is -2.04. The molecule has 0 unspecified atom stereocenters. The fourth-order valence-electron chi connectivity index (χ4n) is 2.50. The van der Waals surface area contributed by atoms with Crippen LogP contribution in [0.15, 0.2) is 70.1 Å². The molecular weight excluding hydrogens is 346 g/mol. The minimum atomic E-state index is -0.414. The summed E-state index contributed by atoms with van der Waals surface area (Å²) < 4.78 is 10.0. The molecule has 0 radical (unpaired) electrons. The Bertz CT molecular complexity index is 1060. The fraction of sp³-hybridized carbons (Fsp3) is 0.0952. The molecule has 0 saturated carbocycles. The number of carbonyl (C=O) groups excluding carboxylic acids is 2. The third-order valence-electron chi connectivity index (χ3n) is 3.96. The number of fused-ring (bicyclic) bond motifs is 1. The molecule has 0 atom stereocenters. The van der Waals surface area contributed by atoms with Crippen LogP contribution in [0.4, 0.5) is 0 Å². The summed E-state index contributed by atoms with van der Waals surface area (Å²) in [6.07, 6.45) is 4.04. The SMILES string of the molecule is COC(=O)c1ccc(CNC(=O)/C=C/c2coc3ccccc3c2=O)cc1. The largest absolute Gasteiger partial charge is 0.465 e. The maximum atomic E-state index is 12.4. The molecule has 1 amide bonds. The minimum Gasteiger partial charge on any atom is -0.465 e. The number of nitrogens with one attached hydrogen (secondary N) is 1. The van der Waals surface area contributed by atoms with Gasteiger partial charge in [0.1, 0.15) is 11.8 Å². The van der Waals surface area contributed by atoms with Gasteiger partial charge in [-0.3, -0.25) is 9.59 Å². The highest BCUT2D eigenvalue weighted by atomic mass is 16.5. The zero-order chi connectivity index (χ0) is 19.2. The number of ether oxygens (including phenoxy) is 1. The maximum Gasteiger partial charge on any atom is 0.337 e. The van der Waals surface area contributed by atoms with Crippen LogP contribution in [0.2, 0.25) is 0 Å². The van der Waals surface area contributed by atoms with Crippen molar-refractivity contribution in [2.24, 2.45) is 0 Å². The Morgan fingerprint density at radius 3 is 2.59 bits per heavy atom. The van der Waals surface area contributed by atoms with Crippen LogP contribution in [-0.4, -0.2) is 19.0 Å². The van der Waals surface area contributed by atoms with E-state index in [9.17, 15) is 14.4 Å². The summed E-state index contributed by atoms with van der Waals surface area (Å²) in [5.41, 5.74) is 1.87. The first kappa shape index (κ1) is 18.1. The Morgan fingerprint density at radius 1 is 1.11 bits per heavy atom. The quantitative estimate of drug-likeness (QED) is 0.556. The van der Waals surface area contributed by atoms with Crippen molar-refractivity contribution < 1.29 is 18.7 Å². The van der Waals surface area contributed by atoms with E-state index in [1.165, 1.54) is 25.5 Å². The average Bonchev–Trinajstić information content (AvgIpc) is 2.71. The van der Waals surface area contributed by atoms with Crippen molar-refractivity contribution in [3.8, 4) is 0 Å². The number of para-hydroxylation sites is 1. The second kappa shape index (κ2) is 8.14. The number of hydrogen-bond acceptors (Lipinski definition) is 5. The summed E-state index contributed by atoms with van der Waals surface area (Å²) in [5.74, 6) is -0.762. The summed E-state index contributed by atoms with van der Waals surface area (Å²) in [4.78, 5) is 35.7. The third kappa shape index (κ3) is 4.30. The van der Waals surface area contributed by atoms with Crippen LogP contribution >= 0.6 is 0 Å². The molecule has 3 aromatic rings. The standard InChI is InChI=1S/C21H17NO5/c1-26-21(25)15-8-6-14(7-9-15)12-22-19(23)11-10-16-13-27-18-5-3-2-4-17(18)20(16)24/h2-11,13H,12H2,1H3,(H,22,23)/b11-10+. The van der Waals surface area contributed by atoms with Crippen LogP contribution in [0.5, 0.6) is 0 Å². The van der Waals surface area contributed by atoms with Crippen LogP contribution in [0, 0.1) is 0 Å². The van der Waals surface area contributed by atoms with Gasteiger partial charge in [-0.15, -0.1) is 0 Å². The van der Waals surface area contributed by atoms with Crippen LogP contribution in [-0.2, 0) is 16.1 Å². The molecule has 0 bridgehead atoms. The van der Waals surface area contributed by atoms with Gasteiger partial charge in [-0.1, -0.05) is 24.3 Å². The molecule has 27 heavy (non-hydrogen) atoms. The highest BCUT2D eigenvalue weighted by Crippen LogP contribution is 2.11. The molecule has 1 heterocycles. The number of benzene rings is 2. The molecule has 0 aliphatic carbocycles. The Balaban J connectivity index is 1.63. The number of hydrogen-bond donors (Lipinski definition) is 1. The van der Waals surface area contributed by atoms with Gasteiger partial charge in [0, 0.05) is 12.6 Å². The van der Waals surface area contributed by atoms with Crippen molar-refractivity contribution >= 4 is 28.9 Å². The van der Waals surface area contributed by atoms with Gasteiger partial charge in [0.05, 0.1) is 23.6 Å². The molecule has 0 spiro atoms. The van der Waals surface area contributed by atoms with Crippen molar-refractivity contribution in [3.05, 3.63) is 87.8 Å². The summed E-state index contributed by atoms with van der Waals surface area (Å²) in [5, 5.41) is 3.18. The van der Waals surface area contributed by atoms with Crippen molar-refractivity contribution in [1.82, 2.24) is 5.32 Å². The Morgan fingerprint density at radius 2 is 1.85 bits per heavy atom. The number of methoxy groups -OCH3 is 1. The topological polar surface area (TPSA) is 85.6 Å². The lowest BCUT2D eigenvalue weighted by molar-refractivity contribution is -0.116. The summed E-state index contributed by atoms with van der Waals surface area (Å²) in [6, 6.07) is 13.6. The molecule has 1 aromatic heterocycles. The van der Waals surface area contributed by atoms with E-state index >= 15 is 0 Å². The monoisotopic (exact) mass is 363 g/mol. The Labute approximate surface area is 155 Å². The highest BCUT2D eigenvalue weighted by molar-refractivity contribution is 5.92. The lowest BCUT2D eigenvalue weighted by Crippen LogP contribution is -2.20. The summed E-state index contributed by atoms with van der Waals surface area (Å²) in [7, 11) is 1.32. The zero-order valence-corrected chi connectivity index (χ0v) is 14.6. The zero-order valence-electron chi connectivity index (χ0n) is 14.6. The minimum absolute atomic E-state index is 0.195. The summed E-state index contributed by atoms with van der Waals surface area (Å²) in [6.45, 7) is 0.289. The number of carbonyl (C=O) groups is 2. The van der Waals surface area contributed by atoms with Crippen LogP contribution < -0.4 is 10.7 Å². The first-order valence-electron chi connectivity index (χ1n) is 8.22. The van der Waals surface area contributed by atoms with Gasteiger partial charge in [-0.25, -0.2) is 4.79 Å². The predicted molar refractivity (Wildman–Crippen MR) is 101 cm³/mol. The van der Waals surface area contributed by atoms with Crippen LogP contribution in [0.3, 0.4) is 0 Å². The molecule has 0 aliphatic rings. The van der Waals surface area contributed by atoms with E-state index < -0.39 is 5.97 Å². The van der Waals surface area contributed by atoms with E-state index in [-0.39, 0.29) is 17.9 Å². The van der Waals surface area contributed by atoms with E-state index in [4.69, 9.17) is 4.42 Å². The lowest BCUT2D eigenvalue weighted by atomic mass is 10.1. The number of rotatable bonds is 5. The molecule has 3 rings (SSSR count). The smallest absolute Gasteiger partial charge is 0.337 e. The normalized spacial score (nSPS) is 10.9. The van der Waals surface area contributed by atoms with E-state index in [0.29, 0.717) is 22.1 Å². The predicted octanol–water partition coefficient (Wildman–Crippen LogP) is 2.91. The van der Waals surface area contributed by atoms with Crippen molar-refractivity contribution in [2.75, 3.05) is 7.11 Å². The third-order valence-corrected chi connectivity index (χ3v) is 3.96. The van der Waals surface area contributed by atoms with E-state index in [1.54, 1.807) is 48.5 Å². The molecule has 6 nitrogen and oxygen atoms in total. The van der Waals surface area contributed by atoms with Gasteiger partial charge in [0.25, 0.3) is 0 Å². The van der Waals surface area contributed by atoms with Crippen molar-refractivity contribution in [3.63, 3.8) is 0 Å². The van der Waals surface area contributed by atoms with Gasteiger partial charge in [0.2, 0.25) is 5.91 Å². The first-order valence-corrected chi connectivity index (χ1v) is 8.22. The number of amides is 1. The highest BCUT2D eigenvalue weighted by Gasteiger charge is 2.06. The molecule has 0 saturated heterocycles. The Kier molecular flexibility index (Phi) is 5.47. The molecule has 2 aromatic carbocycles. The van der Waals surface area contributed by atoms with Crippen LogP contribution in [0.25, 0.3) is 17.0 Å². The van der Waals surface area contributed by atoms with Gasteiger partial charge in [0.15, 0.2) is 5.43 Å². The van der Waals surface area contributed by atoms with E-state index in [0.717, 1.165) is 5.56 Å². The van der Waals surface area contributed by atoms with Gasteiger partial charge in [-0.2, -0.15) is 0 Å². The van der Waals surface area contributed by atoms with E-state index in [2.05, 4.69) is 10.1 Å². The molecule has 0 fully saturated rings. The average molecular weight is 363 g/mol. The second-order valence-corrected chi connectivity index (χ2v) is 5.76. The van der Waals surface area contributed by atoms with Gasteiger partial charge < -0.3 is 14.5 Å².